The molecule has 1 aromatic rings. The average Bonchev–Trinajstić information content (AvgIpc) is 2.80. The highest BCUT2D eigenvalue weighted by atomic mass is 35.5. The summed E-state index contributed by atoms with van der Waals surface area (Å²) in [5.41, 5.74) is 1.46. The Morgan fingerprint density at radius 2 is 1.82 bits per heavy atom. The summed E-state index contributed by atoms with van der Waals surface area (Å²) in [6.07, 6.45) is 0.476. The van der Waals surface area contributed by atoms with Crippen LogP contribution in [0.4, 0.5) is 4.79 Å². The van der Waals surface area contributed by atoms with Crippen molar-refractivity contribution < 1.29 is 19.1 Å². The van der Waals surface area contributed by atoms with E-state index in [0.29, 0.717) is 67.5 Å². The first kappa shape index (κ1) is 25.3. The van der Waals surface area contributed by atoms with Gasteiger partial charge in [-0.05, 0) is 25.5 Å². The molecule has 0 radical (unpaired) electrons. The molecule has 2 aliphatic heterocycles. The minimum atomic E-state index is -0.788. The number of rotatable bonds is 7. The zero-order chi connectivity index (χ0) is 24.1. The average molecular weight is 497 g/mol. The molecule has 2 heterocycles. The van der Waals surface area contributed by atoms with Gasteiger partial charge in [0.2, 0.25) is 5.91 Å². The van der Waals surface area contributed by atoms with Crippen LogP contribution in [0.25, 0.3) is 0 Å². The van der Waals surface area contributed by atoms with Crippen LogP contribution >= 0.6 is 23.2 Å². The van der Waals surface area contributed by atoms with Crippen LogP contribution in [0.5, 0.6) is 0 Å². The molecule has 1 atom stereocenters. The fourth-order valence-corrected chi connectivity index (χ4v) is 4.64. The number of likely N-dealkylation sites (N-methyl/N-ethyl adjacent to an activating group) is 1. The van der Waals surface area contributed by atoms with Gasteiger partial charge in [-0.15, -0.1) is 0 Å². The summed E-state index contributed by atoms with van der Waals surface area (Å²) in [4.78, 5) is 43.8. The van der Waals surface area contributed by atoms with E-state index in [1.165, 1.54) is 0 Å². The molecule has 1 aromatic carbocycles. The van der Waals surface area contributed by atoms with Gasteiger partial charge in [0.15, 0.2) is 0 Å². The van der Waals surface area contributed by atoms with Crippen molar-refractivity contribution in [3.63, 3.8) is 0 Å². The molecular formula is C23H30Cl2N4O4. The molecule has 180 valence electrons. The SMILES string of the molecule is CCOC(=O)C1=C(CN2CCN(C(=O)CC)CC2)N(CC)C(=O)NC1c1cccc(Cl)c1Cl. The summed E-state index contributed by atoms with van der Waals surface area (Å²) >= 11 is 12.7. The number of nitrogens with one attached hydrogen (secondary N) is 1. The molecule has 10 heteroatoms. The van der Waals surface area contributed by atoms with E-state index in [-0.39, 0.29) is 23.6 Å². The van der Waals surface area contributed by atoms with Crippen molar-refractivity contribution in [2.45, 2.75) is 33.2 Å². The van der Waals surface area contributed by atoms with Gasteiger partial charge in [0.05, 0.1) is 28.3 Å². The molecule has 0 aliphatic carbocycles. The van der Waals surface area contributed by atoms with Crippen LogP contribution in [0.2, 0.25) is 10.0 Å². The predicted molar refractivity (Wildman–Crippen MR) is 127 cm³/mol. The second kappa shape index (κ2) is 11.2. The largest absolute Gasteiger partial charge is 0.463 e. The number of hydrogen-bond acceptors (Lipinski definition) is 5. The van der Waals surface area contributed by atoms with Crippen molar-refractivity contribution in [2.75, 3.05) is 45.9 Å². The molecule has 0 saturated carbocycles. The van der Waals surface area contributed by atoms with Gasteiger partial charge in [-0.2, -0.15) is 0 Å². The standard InChI is InChI=1S/C23H30Cl2N4O4/c1-4-18(30)28-12-10-27(11-13-28)14-17-19(22(31)33-6-3)21(26-23(32)29(17)5-2)15-8-7-9-16(24)20(15)25/h7-9,21H,4-6,10-14H2,1-3H3,(H,26,32). The molecule has 1 fully saturated rings. The highest BCUT2D eigenvalue weighted by Crippen LogP contribution is 2.37. The number of nitrogens with zero attached hydrogens (tertiary/aromatic N) is 3. The second-order valence-corrected chi connectivity index (χ2v) is 8.65. The zero-order valence-electron chi connectivity index (χ0n) is 19.2. The number of halogens is 2. The van der Waals surface area contributed by atoms with Crippen LogP contribution in [-0.4, -0.2) is 78.5 Å². The Bertz CT molecular complexity index is 944. The van der Waals surface area contributed by atoms with Crippen LogP contribution < -0.4 is 5.32 Å². The molecule has 8 nitrogen and oxygen atoms in total. The fraction of sp³-hybridized carbons (Fsp3) is 0.522. The Morgan fingerprint density at radius 1 is 1.12 bits per heavy atom. The number of carbonyl (C=O) groups is 3. The lowest BCUT2D eigenvalue weighted by Gasteiger charge is -2.40. The highest BCUT2D eigenvalue weighted by molar-refractivity contribution is 6.42. The molecule has 1 unspecified atom stereocenters. The van der Waals surface area contributed by atoms with Gasteiger partial charge < -0.3 is 15.0 Å². The smallest absolute Gasteiger partial charge is 0.338 e. The highest BCUT2D eigenvalue weighted by Gasteiger charge is 2.39. The van der Waals surface area contributed by atoms with Gasteiger partial charge in [0.25, 0.3) is 0 Å². The van der Waals surface area contributed by atoms with E-state index in [2.05, 4.69) is 10.2 Å². The zero-order valence-corrected chi connectivity index (χ0v) is 20.7. The van der Waals surface area contributed by atoms with E-state index >= 15 is 0 Å². The molecule has 3 amide bonds. The lowest BCUT2D eigenvalue weighted by Crippen LogP contribution is -2.53. The molecule has 33 heavy (non-hydrogen) atoms. The monoisotopic (exact) mass is 496 g/mol. The topological polar surface area (TPSA) is 82.2 Å². The second-order valence-electron chi connectivity index (χ2n) is 7.86. The quantitative estimate of drug-likeness (QED) is 0.584. The molecule has 0 aromatic heterocycles. The summed E-state index contributed by atoms with van der Waals surface area (Å²) in [5, 5.41) is 3.52. The van der Waals surface area contributed by atoms with Gasteiger partial charge >= 0.3 is 12.0 Å². The van der Waals surface area contributed by atoms with Crippen LogP contribution in [-0.2, 0) is 14.3 Å². The van der Waals surface area contributed by atoms with E-state index in [1.54, 1.807) is 30.0 Å². The molecule has 1 saturated heterocycles. The van der Waals surface area contributed by atoms with Gasteiger partial charge in [-0.3, -0.25) is 14.6 Å². The van der Waals surface area contributed by atoms with Gasteiger partial charge in [-0.25, -0.2) is 9.59 Å². The Kier molecular flexibility index (Phi) is 8.62. The normalized spacial score (nSPS) is 19.5. The minimum Gasteiger partial charge on any atom is -0.463 e. The third-order valence-corrected chi connectivity index (χ3v) is 6.78. The van der Waals surface area contributed by atoms with E-state index in [0.717, 1.165) is 0 Å². The van der Waals surface area contributed by atoms with Crippen molar-refractivity contribution in [1.29, 1.82) is 0 Å². The fourth-order valence-electron chi connectivity index (χ4n) is 4.23. The Balaban J connectivity index is 2.01. The van der Waals surface area contributed by atoms with Gasteiger partial charge in [0.1, 0.15) is 0 Å². The summed E-state index contributed by atoms with van der Waals surface area (Å²) in [7, 11) is 0. The number of carbonyl (C=O) groups excluding carboxylic acids is 3. The van der Waals surface area contributed by atoms with Crippen LogP contribution in [0.1, 0.15) is 38.8 Å². The summed E-state index contributed by atoms with van der Waals surface area (Å²) in [6.45, 7) is 8.91. The third kappa shape index (κ3) is 5.45. The van der Waals surface area contributed by atoms with Crippen LogP contribution in [0, 0.1) is 0 Å². The van der Waals surface area contributed by atoms with Crippen LogP contribution in [0.3, 0.4) is 0 Å². The molecular weight excluding hydrogens is 467 g/mol. The first-order chi connectivity index (χ1) is 15.8. The lowest BCUT2D eigenvalue weighted by atomic mass is 9.94. The summed E-state index contributed by atoms with van der Waals surface area (Å²) in [6, 6.07) is 4.02. The number of hydrogen-bond donors (Lipinski definition) is 1. The maximum absolute atomic E-state index is 13.2. The number of amides is 3. The van der Waals surface area contributed by atoms with Gasteiger partial charge in [-0.1, -0.05) is 42.3 Å². The van der Waals surface area contributed by atoms with Gasteiger partial charge in [0, 0.05) is 51.4 Å². The lowest BCUT2D eigenvalue weighted by molar-refractivity contribution is -0.139. The Labute approximate surface area is 204 Å². The van der Waals surface area contributed by atoms with E-state index in [4.69, 9.17) is 27.9 Å². The number of urea groups is 1. The molecule has 0 spiro atoms. The maximum atomic E-state index is 13.2. The number of piperazine rings is 1. The third-order valence-electron chi connectivity index (χ3n) is 5.94. The summed E-state index contributed by atoms with van der Waals surface area (Å²) < 4.78 is 5.39. The van der Waals surface area contributed by atoms with E-state index < -0.39 is 12.0 Å². The Hall–Kier alpha value is -2.29. The van der Waals surface area contributed by atoms with Crippen LogP contribution in [0.15, 0.2) is 29.5 Å². The number of ether oxygens (including phenoxy) is 1. The molecule has 3 rings (SSSR count). The van der Waals surface area contributed by atoms with Crippen molar-refractivity contribution in [1.82, 2.24) is 20.0 Å². The molecule has 1 N–H and O–H groups in total. The van der Waals surface area contributed by atoms with E-state index in [1.807, 2.05) is 18.7 Å². The van der Waals surface area contributed by atoms with E-state index in [9.17, 15) is 14.4 Å². The van der Waals surface area contributed by atoms with Crippen molar-refractivity contribution in [2.24, 2.45) is 0 Å². The predicted octanol–water partition coefficient (Wildman–Crippen LogP) is 3.45. The number of benzene rings is 1. The number of esters is 1. The maximum Gasteiger partial charge on any atom is 0.338 e. The first-order valence-corrected chi connectivity index (χ1v) is 12.0. The summed E-state index contributed by atoms with van der Waals surface area (Å²) in [5.74, 6) is -0.379. The Morgan fingerprint density at radius 3 is 2.42 bits per heavy atom. The minimum absolute atomic E-state index is 0.129. The van der Waals surface area contributed by atoms with Crippen molar-refractivity contribution in [3.05, 3.63) is 45.1 Å². The molecule has 2 aliphatic rings. The molecule has 0 bridgehead atoms. The van der Waals surface area contributed by atoms with Crippen molar-refractivity contribution in [3.8, 4) is 0 Å². The van der Waals surface area contributed by atoms with Crippen molar-refractivity contribution >= 4 is 41.1 Å². The first-order valence-electron chi connectivity index (χ1n) is 11.2.